The summed E-state index contributed by atoms with van der Waals surface area (Å²) in [5, 5.41) is 1.14. The largest absolute Gasteiger partial charge is 0.361 e. The summed E-state index contributed by atoms with van der Waals surface area (Å²) < 4.78 is 0. The second kappa shape index (κ2) is 3.50. The van der Waals surface area contributed by atoms with Gasteiger partial charge < -0.3 is 15.7 Å². The van der Waals surface area contributed by atoms with Gasteiger partial charge in [-0.05, 0) is 6.07 Å². The van der Waals surface area contributed by atoms with Gasteiger partial charge in [0.1, 0.15) is 5.82 Å². The van der Waals surface area contributed by atoms with Crippen LogP contribution >= 0.6 is 0 Å². The fourth-order valence-corrected chi connectivity index (χ4v) is 1.95. The highest BCUT2D eigenvalue weighted by Gasteiger charge is 2.14. The first kappa shape index (κ1) is 9.18. The Labute approximate surface area is 92.5 Å². The molecule has 0 saturated carbocycles. The molecular weight excluding hydrogens is 200 g/mol. The Bertz CT molecular complexity index is 594. The fourth-order valence-electron chi connectivity index (χ4n) is 1.95. The predicted molar refractivity (Wildman–Crippen MR) is 62.9 cm³/mol. The summed E-state index contributed by atoms with van der Waals surface area (Å²) >= 11 is 0. The Morgan fingerprint density at radius 3 is 2.88 bits per heavy atom. The highest BCUT2D eigenvalue weighted by Crippen LogP contribution is 2.25. The van der Waals surface area contributed by atoms with Crippen molar-refractivity contribution in [3.05, 3.63) is 54.2 Å². The average Bonchev–Trinajstić information content (AvgIpc) is 2.98. The summed E-state index contributed by atoms with van der Waals surface area (Å²) in [6.45, 7) is 0. The van der Waals surface area contributed by atoms with E-state index in [-0.39, 0.29) is 6.04 Å². The number of rotatable bonds is 2. The van der Waals surface area contributed by atoms with Crippen molar-refractivity contribution in [3.8, 4) is 0 Å². The minimum absolute atomic E-state index is 0.217. The molecule has 0 aliphatic carbocycles. The maximum absolute atomic E-state index is 6.16. The Balaban J connectivity index is 2.12. The van der Waals surface area contributed by atoms with Gasteiger partial charge in [0, 0.05) is 35.1 Å². The molecule has 0 aliphatic heterocycles. The van der Waals surface area contributed by atoms with Gasteiger partial charge in [-0.1, -0.05) is 18.2 Å². The van der Waals surface area contributed by atoms with Crippen LogP contribution in [-0.4, -0.2) is 15.0 Å². The molecule has 3 aromatic rings. The minimum Gasteiger partial charge on any atom is -0.361 e. The summed E-state index contributed by atoms with van der Waals surface area (Å²) in [7, 11) is 0. The van der Waals surface area contributed by atoms with Crippen molar-refractivity contribution in [2.75, 3.05) is 0 Å². The predicted octanol–water partition coefficient (Wildman–Crippen LogP) is 1.94. The lowest BCUT2D eigenvalue weighted by molar-refractivity contribution is 0.807. The van der Waals surface area contributed by atoms with Gasteiger partial charge in [-0.3, -0.25) is 0 Å². The first-order chi connectivity index (χ1) is 7.86. The van der Waals surface area contributed by atoms with Gasteiger partial charge in [-0.2, -0.15) is 0 Å². The first-order valence-corrected chi connectivity index (χ1v) is 5.17. The third-order valence-corrected chi connectivity index (χ3v) is 2.77. The molecular formula is C12H12N4. The molecule has 0 fully saturated rings. The summed E-state index contributed by atoms with van der Waals surface area (Å²) in [4.78, 5) is 10.4. The Morgan fingerprint density at radius 2 is 2.06 bits per heavy atom. The Kier molecular flexibility index (Phi) is 2.01. The lowest BCUT2D eigenvalue weighted by Crippen LogP contribution is -2.12. The standard InChI is InChI=1S/C12H12N4/c13-11(12-14-5-6-15-12)9-7-16-10-4-2-1-3-8(9)10/h1-7,11,16H,13H2,(H,14,15). The van der Waals surface area contributed by atoms with Gasteiger partial charge in [-0.25, -0.2) is 4.98 Å². The molecule has 0 bridgehead atoms. The third kappa shape index (κ3) is 1.31. The van der Waals surface area contributed by atoms with Crippen molar-refractivity contribution < 1.29 is 0 Å². The number of H-pyrrole nitrogens is 2. The number of hydrogen-bond donors (Lipinski definition) is 3. The molecule has 0 saturated heterocycles. The van der Waals surface area contributed by atoms with E-state index in [2.05, 4.69) is 21.0 Å². The van der Waals surface area contributed by atoms with Gasteiger partial charge in [0.15, 0.2) is 0 Å². The number of imidazole rings is 1. The summed E-state index contributed by atoms with van der Waals surface area (Å²) in [6, 6.07) is 7.89. The van der Waals surface area contributed by atoms with Gasteiger partial charge in [0.2, 0.25) is 0 Å². The van der Waals surface area contributed by atoms with E-state index >= 15 is 0 Å². The van der Waals surface area contributed by atoms with E-state index in [9.17, 15) is 0 Å². The van der Waals surface area contributed by atoms with E-state index in [1.165, 1.54) is 0 Å². The zero-order valence-electron chi connectivity index (χ0n) is 8.64. The molecule has 3 rings (SSSR count). The number of hydrogen-bond acceptors (Lipinski definition) is 2. The topological polar surface area (TPSA) is 70.5 Å². The molecule has 0 spiro atoms. The first-order valence-electron chi connectivity index (χ1n) is 5.17. The van der Waals surface area contributed by atoms with Crippen LogP contribution in [0.4, 0.5) is 0 Å². The summed E-state index contributed by atoms with van der Waals surface area (Å²) in [5.41, 5.74) is 8.31. The monoisotopic (exact) mass is 212 g/mol. The van der Waals surface area contributed by atoms with Gasteiger partial charge in [0.05, 0.1) is 6.04 Å². The molecule has 1 aromatic carbocycles. The quantitative estimate of drug-likeness (QED) is 0.607. The molecule has 2 aromatic heterocycles. The normalized spacial score (nSPS) is 13.1. The summed E-state index contributed by atoms with van der Waals surface area (Å²) in [6.07, 6.45) is 5.44. The molecule has 16 heavy (non-hydrogen) atoms. The van der Waals surface area contributed by atoms with E-state index in [0.717, 1.165) is 22.3 Å². The number of nitrogens with zero attached hydrogens (tertiary/aromatic N) is 1. The van der Waals surface area contributed by atoms with Crippen molar-refractivity contribution >= 4 is 10.9 Å². The third-order valence-electron chi connectivity index (χ3n) is 2.77. The number of fused-ring (bicyclic) bond motifs is 1. The van der Waals surface area contributed by atoms with Gasteiger partial charge >= 0.3 is 0 Å². The van der Waals surface area contributed by atoms with Crippen molar-refractivity contribution in [1.29, 1.82) is 0 Å². The zero-order valence-corrected chi connectivity index (χ0v) is 8.64. The van der Waals surface area contributed by atoms with Crippen LogP contribution in [-0.2, 0) is 0 Å². The van der Waals surface area contributed by atoms with Crippen molar-refractivity contribution in [1.82, 2.24) is 15.0 Å². The van der Waals surface area contributed by atoms with Gasteiger partial charge in [0.25, 0.3) is 0 Å². The van der Waals surface area contributed by atoms with Crippen LogP contribution in [0.3, 0.4) is 0 Å². The van der Waals surface area contributed by atoms with Crippen LogP contribution in [0.15, 0.2) is 42.9 Å². The smallest absolute Gasteiger partial charge is 0.127 e. The van der Waals surface area contributed by atoms with Crippen LogP contribution in [0.1, 0.15) is 17.4 Å². The molecule has 4 heteroatoms. The van der Waals surface area contributed by atoms with E-state index in [0.29, 0.717) is 0 Å². The number of nitrogens with one attached hydrogen (secondary N) is 2. The van der Waals surface area contributed by atoms with E-state index < -0.39 is 0 Å². The van der Waals surface area contributed by atoms with Gasteiger partial charge in [-0.15, -0.1) is 0 Å². The second-order valence-corrected chi connectivity index (χ2v) is 3.74. The minimum atomic E-state index is -0.217. The zero-order chi connectivity index (χ0) is 11.0. The van der Waals surface area contributed by atoms with Crippen molar-refractivity contribution in [2.45, 2.75) is 6.04 Å². The molecule has 1 atom stereocenters. The molecule has 1 unspecified atom stereocenters. The Morgan fingerprint density at radius 1 is 1.19 bits per heavy atom. The van der Waals surface area contributed by atoms with Crippen molar-refractivity contribution in [3.63, 3.8) is 0 Å². The SMILES string of the molecule is NC(c1ncc[nH]1)c1c[nH]c2ccccc12. The summed E-state index contributed by atoms with van der Waals surface area (Å²) in [5.74, 6) is 0.782. The maximum atomic E-state index is 6.16. The maximum Gasteiger partial charge on any atom is 0.127 e. The van der Waals surface area contributed by atoms with Crippen LogP contribution in [0, 0.1) is 0 Å². The van der Waals surface area contributed by atoms with Crippen LogP contribution in [0.2, 0.25) is 0 Å². The van der Waals surface area contributed by atoms with E-state index in [1.807, 2.05) is 24.4 Å². The van der Waals surface area contributed by atoms with Crippen LogP contribution in [0.5, 0.6) is 0 Å². The van der Waals surface area contributed by atoms with Crippen LogP contribution < -0.4 is 5.73 Å². The lowest BCUT2D eigenvalue weighted by Gasteiger charge is -2.07. The number of nitrogens with two attached hydrogens (primary N) is 1. The fraction of sp³-hybridized carbons (Fsp3) is 0.0833. The molecule has 0 amide bonds. The molecule has 0 radical (unpaired) electrons. The molecule has 4 nitrogen and oxygen atoms in total. The average molecular weight is 212 g/mol. The second-order valence-electron chi connectivity index (χ2n) is 3.74. The highest BCUT2D eigenvalue weighted by atomic mass is 14.9. The Hall–Kier alpha value is -2.07. The number of aromatic nitrogens is 3. The molecule has 0 aliphatic rings. The lowest BCUT2D eigenvalue weighted by atomic mass is 10.1. The number of benzene rings is 1. The molecule has 2 heterocycles. The van der Waals surface area contributed by atoms with E-state index in [1.54, 1.807) is 12.4 Å². The highest BCUT2D eigenvalue weighted by molar-refractivity contribution is 5.83. The molecule has 4 N–H and O–H groups in total. The van der Waals surface area contributed by atoms with Crippen molar-refractivity contribution in [2.24, 2.45) is 5.73 Å². The molecule has 80 valence electrons. The van der Waals surface area contributed by atoms with Crippen LogP contribution in [0.25, 0.3) is 10.9 Å². The number of para-hydroxylation sites is 1. The van der Waals surface area contributed by atoms with E-state index in [4.69, 9.17) is 5.73 Å². The number of aromatic amines is 2.